The Kier molecular flexibility index (Phi) is 18.2. The van der Waals surface area contributed by atoms with Gasteiger partial charge in [0.05, 0.1) is 58.8 Å². The molecule has 16 heteroatoms. The molecule has 16 nitrogen and oxygen atoms in total. The SMILES string of the molecule is C=C(C)C(=C)OCC(COC(C)C(=C)CC(C)(C)C(C)OCC(COC(=C)C(=C)C)OC(=O)c1ccc(C(=O)O)c(C(=O)O)c1)OC(=O)c1ccc(C(=O)O)c(C(=O)O)c1. The van der Waals surface area contributed by atoms with E-state index >= 15 is 0 Å². The molecule has 0 saturated carbocycles. The van der Waals surface area contributed by atoms with Gasteiger partial charge in [-0.25, -0.2) is 28.8 Å². The van der Waals surface area contributed by atoms with Gasteiger partial charge in [0.1, 0.15) is 24.7 Å². The van der Waals surface area contributed by atoms with Crippen molar-refractivity contribution in [3.8, 4) is 0 Å². The predicted molar refractivity (Wildman–Crippen MR) is 217 cm³/mol. The molecule has 0 bridgehead atoms. The fourth-order valence-corrected chi connectivity index (χ4v) is 5.09. The van der Waals surface area contributed by atoms with Gasteiger partial charge in [0.25, 0.3) is 0 Å². The summed E-state index contributed by atoms with van der Waals surface area (Å²) in [6.07, 6.45) is -2.82. The Morgan fingerprint density at radius 1 is 0.583 bits per heavy atom. The molecule has 0 aliphatic carbocycles. The minimum absolute atomic E-state index is 0.174. The summed E-state index contributed by atoms with van der Waals surface area (Å²) in [5.41, 5.74) is -1.53. The third-order valence-electron chi connectivity index (χ3n) is 9.24. The first-order valence-corrected chi connectivity index (χ1v) is 18.3. The highest BCUT2D eigenvalue weighted by molar-refractivity contribution is 6.05. The van der Waals surface area contributed by atoms with Crippen LogP contribution in [0.4, 0.5) is 0 Å². The number of carboxylic acid groups (broad SMARTS) is 4. The molecule has 0 aliphatic heterocycles. The molecule has 0 heterocycles. The van der Waals surface area contributed by atoms with Gasteiger partial charge < -0.3 is 48.8 Å². The van der Waals surface area contributed by atoms with Gasteiger partial charge >= 0.3 is 35.8 Å². The number of carboxylic acids is 4. The van der Waals surface area contributed by atoms with Crippen molar-refractivity contribution in [2.45, 2.75) is 72.4 Å². The normalized spacial score (nSPS) is 13.0. The van der Waals surface area contributed by atoms with Gasteiger partial charge in [0.15, 0.2) is 12.2 Å². The topological polar surface area (TPSA) is 239 Å². The van der Waals surface area contributed by atoms with E-state index in [1.54, 1.807) is 27.7 Å². The van der Waals surface area contributed by atoms with Crippen LogP contribution in [0.25, 0.3) is 0 Å². The van der Waals surface area contributed by atoms with Gasteiger partial charge in [0.2, 0.25) is 0 Å². The molecule has 0 radical (unpaired) electrons. The van der Waals surface area contributed by atoms with Crippen LogP contribution in [0, 0.1) is 5.41 Å². The molecule has 0 amide bonds. The summed E-state index contributed by atoms with van der Waals surface area (Å²) in [4.78, 5) is 72.6. The lowest BCUT2D eigenvalue weighted by molar-refractivity contribution is -0.0749. The van der Waals surface area contributed by atoms with Gasteiger partial charge in [0, 0.05) is 0 Å². The van der Waals surface area contributed by atoms with Crippen molar-refractivity contribution in [3.63, 3.8) is 0 Å². The Balaban J connectivity index is 2.16. The molecule has 4 atom stereocenters. The van der Waals surface area contributed by atoms with Crippen molar-refractivity contribution < 1.29 is 77.6 Å². The second-order valence-corrected chi connectivity index (χ2v) is 14.6. The van der Waals surface area contributed by atoms with Crippen LogP contribution in [-0.4, -0.2) is 107 Å². The lowest BCUT2D eigenvalue weighted by Gasteiger charge is -2.34. The van der Waals surface area contributed by atoms with Crippen molar-refractivity contribution in [2.24, 2.45) is 5.41 Å². The van der Waals surface area contributed by atoms with Gasteiger partial charge in [-0.3, -0.25) is 0 Å². The molecule has 0 aliphatic rings. The number of carbonyl (C=O) groups excluding carboxylic acids is 2. The summed E-state index contributed by atoms with van der Waals surface area (Å²) >= 11 is 0. The molecule has 2 aromatic rings. The lowest BCUT2D eigenvalue weighted by atomic mass is 9.80. The zero-order valence-electron chi connectivity index (χ0n) is 34.5. The highest BCUT2D eigenvalue weighted by Gasteiger charge is 2.31. The largest absolute Gasteiger partial charge is 0.490 e. The molecule has 0 spiro atoms. The first-order valence-electron chi connectivity index (χ1n) is 18.3. The number of carbonyl (C=O) groups is 6. The number of rotatable bonds is 26. The van der Waals surface area contributed by atoms with Crippen LogP contribution in [0.5, 0.6) is 0 Å². The zero-order chi connectivity index (χ0) is 45.6. The van der Waals surface area contributed by atoms with E-state index in [9.17, 15) is 49.2 Å². The van der Waals surface area contributed by atoms with Crippen LogP contribution in [-0.2, 0) is 28.4 Å². The highest BCUT2D eigenvalue weighted by Crippen LogP contribution is 2.33. The third kappa shape index (κ3) is 14.7. The van der Waals surface area contributed by atoms with Crippen LogP contribution >= 0.6 is 0 Å². The third-order valence-corrected chi connectivity index (χ3v) is 9.24. The van der Waals surface area contributed by atoms with Crippen LogP contribution in [0.3, 0.4) is 0 Å². The monoisotopic (exact) mass is 836 g/mol. The van der Waals surface area contributed by atoms with Gasteiger partial charge in [-0.05, 0) is 92.6 Å². The quantitative estimate of drug-likeness (QED) is 0.0316. The minimum atomic E-state index is -1.54. The van der Waals surface area contributed by atoms with Crippen LogP contribution in [0.1, 0.15) is 110 Å². The number of ether oxygens (including phenoxy) is 6. The molecule has 60 heavy (non-hydrogen) atoms. The highest BCUT2D eigenvalue weighted by atomic mass is 16.6. The van der Waals surface area contributed by atoms with E-state index < -0.39 is 87.9 Å². The van der Waals surface area contributed by atoms with E-state index in [-0.39, 0.29) is 49.1 Å². The van der Waals surface area contributed by atoms with Crippen molar-refractivity contribution in [3.05, 3.63) is 131 Å². The fraction of sp³-hybridized carbons (Fsp3) is 0.364. The summed E-state index contributed by atoms with van der Waals surface area (Å²) in [6, 6.07) is 6.09. The second-order valence-electron chi connectivity index (χ2n) is 14.6. The maximum absolute atomic E-state index is 13.1. The molecular weight excluding hydrogens is 784 g/mol. The molecule has 0 fully saturated rings. The number of aromatic carboxylic acids is 4. The number of hydrogen-bond donors (Lipinski definition) is 4. The maximum atomic E-state index is 13.1. The number of allylic oxidation sites excluding steroid dienone is 2. The van der Waals surface area contributed by atoms with Crippen LogP contribution in [0.15, 0.2) is 97.5 Å². The summed E-state index contributed by atoms with van der Waals surface area (Å²) in [6.45, 7) is 29.2. The molecule has 4 N–H and O–H groups in total. The van der Waals surface area contributed by atoms with Crippen LogP contribution < -0.4 is 0 Å². The number of benzene rings is 2. The van der Waals surface area contributed by atoms with Gasteiger partial charge in [-0.2, -0.15) is 0 Å². The number of hydrogen-bond acceptors (Lipinski definition) is 12. The summed E-state index contributed by atoms with van der Waals surface area (Å²) < 4.78 is 34.7. The average Bonchev–Trinajstić information content (AvgIpc) is 3.17. The molecule has 2 rings (SSSR count). The Morgan fingerprint density at radius 3 is 1.30 bits per heavy atom. The fourth-order valence-electron chi connectivity index (χ4n) is 5.09. The van der Waals surface area contributed by atoms with Crippen molar-refractivity contribution in [1.29, 1.82) is 0 Å². The van der Waals surface area contributed by atoms with Gasteiger partial charge in [-0.1, -0.05) is 46.7 Å². The van der Waals surface area contributed by atoms with Crippen molar-refractivity contribution in [2.75, 3.05) is 26.4 Å². The Labute approximate surface area is 348 Å². The van der Waals surface area contributed by atoms with E-state index in [2.05, 4.69) is 32.9 Å². The molecule has 0 saturated heterocycles. The molecule has 2 aromatic carbocycles. The summed E-state index contributed by atoms with van der Waals surface area (Å²) in [5.74, 6) is -7.47. The summed E-state index contributed by atoms with van der Waals surface area (Å²) in [7, 11) is 0. The first-order chi connectivity index (χ1) is 27.9. The Hall–Kier alpha value is -6.52. The minimum Gasteiger partial charge on any atom is -0.490 e. The van der Waals surface area contributed by atoms with Crippen molar-refractivity contribution in [1.82, 2.24) is 0 Å². The zero-order valence-corrected chi connectivity index (χ0v) is 34.5. The number of esters is 2. The average molecular weight is 837 g/mol. The standard InChI is InChI=1S/C44H52O16/c1-23(2)26(6)55-19-32(59-42(53)30-12-14-34(38(45)46)36(16-30)40(49)50)21-57-28(8)25(5)18-44(10,11)29(9)58-22-33(20-56-27(7)24(3)4)60-43(54)31-13-15-35(39(47)48)37(17-31)41(51)52/h12-17,28-29,32-33H,1,3,5-7,18-22H2,2,4,8-11H3,(H,45,46)(H,47,48)(H,49,50)(H,51,52). The van der Waals surface area contributed by atoms with E-state index in [1.165, 1.54) is 0 Å². The van der Waals surface area contributed by atoms with Gasteiger partial charge in [-0.15, -0.1) is 0 Å². The van der Waals surface area contributed by atoms with E-state index in [1.807, 2.05) is 13.8 Å². The first kappa shape index (κ1) is 49.6. The smallest absolute Gasteiger partial charge is 0.338 e. The lowest BCUT2D eigenvalue weighted by Crippen LogP contribution is -2.36. The maximum Gasteiger partial charge on any atom is 0.338 e. The molecular formula is C44H52O16. The predicted octanol–water partition coefficient (Wildman–Crippen LogP) is 7.23. The van der Waals surface area contributed by atoms with Crippen LogP contribution in [0.2, 0.25) is 0 Å². The summed E-state index contributed by atoms with van der Waals surface area (Å²) in [5, 5.41) is 37.7. The Morgan fingerprint density at radius 2 is 0.950 bits per heavy atom. The van der Waals surface area contributed by atoms with E-state index in [4.69, 9.17) is 28.4 Å². The molecule has 4 unspecified atom stereocenters. The Bertz CT molecular complexity index is 2040. The second kappa shape index (κ2) is 22.0. The van der Waals surface area contributed by atoms with E-state index in [0.717, 1.165) is 36.4 Å². The molecule has 324 valence electrons. The van der Waals surface area contributed by atoms with Crippen molar-refractivity contribution >= 4 is 35.8 Å². The molecule has 0 aromatic heterocycles. The van der Waals surface area contributed by atoms with E-state index in [0.29, 0.717) is 23.1 Å².